The first-order chi connectivity index (χ1) is 15.2. The Balaban J connectivity index is 2.43. The van der Waals surface area contributed by atoms with Gasteiger partial charge in [-0.05, 0) is 57.1 Å². The van der Waals surface area contributed by atoms with Crippen LogP contribution >= 0.6 is 0 Å². The van der Waals surface area contributed by atoms with Crippen LogP contribution in [0, 0.1) is 0 Å². The van der Waals surface area contributed by atoms with Crippen molar-refractivity contribution in [2.45, 2.75) is 78.4 Å². The first-order valence-electron chi connectivity index (χ1n) is 10.7. The van der Waals surface area contributed by atoms with Crippen LogP contribution in [-0.2, 0) is 23.9 Å². The maximum Gasteiger partial charge on any atom is 0.342 e. The van der Waals surface area contributed by atoms with Crippen molar-refractivity contribution in [2.75, 3.05) is 0 Å². The van der Waals surface area contributed by atoms with E-state index in [2.05, 4.69) is 0 Å². The van der Waals surface area contributed by atoms with Crippen molar-refractivity contribution in [1.29, 1.82) is 0 Å². The van der Waals surface area contributed by atoms with Gasteiger partial charge in [-0.2, -0.15) is 0 Å². The van der Waals surface area contributed by atoms with Crippen LogP contribution in [0.25, 0.3) is 6.08 Å². The summed E-state index contributed by atoms with van der Waals surface area (Å²) in [7, 11) is 0. The molecule has 0 radical (unpaired) electrons. The highest BCUT2D eigenvalue weighted by atomic mass is 16.6. The summed E-state index contributed by atoms with van der Waals surface area (Å²) in [4.78, 5) is 47.4. The SMILES string of the molecule is CC(=O)Oc1cc2c(c(OC(C)=O)c1)C(=O)OC(C)CCCC(OC(C)=O)CCCC=C2. The number of ether oxygens (including phenoxy) is 4. The number of allylic oxidation sites excluding steroid dienone is 1. The molecule has 1 aromatic carbocycles. The van der Waals surface area contributed by atoms with Gasteiger partial charge in [0.25, 0.3) is 0 Å². The summed E-state index contributed by atoms with van der Waals surface area (Å²) in [5.41, 5.74) is 0.500. The highest BCUT2D eigenvalue weighted by molar-refractivity contribution is 5.98. The number of fused-ring (bicyclic) bond motifs is 1. The molecule has 0 saturated heterocycles. The molecule has 0 amide bonds. The summed E-state index contributed by atoms with van der Waals surface area (Å²) in [5.74, 6) is -2.00. The van der Waals surface area contributed by atoms with Crippen LogP contribution in [0.3, 0.4) is 0 Å². The number of carbonyl (C=O) groups excluding carboxylic acids is 4. The molecule has 1 aromatic rings. The maximum atomic E-state index is 13.0. The third-order valence-electron chi connectivity index (χ3n) is 4.80. The third-order valence-corrected chi connectivity index (χ3v) is 4.80. The smallest absolute Gasteiger partial charge is 0.342 e. The molecule has 2 atom stereocenters. The van der Waals surface area contributed by atoms with Gasteiger partial charge < -0.3 is 18.9 Å². The fraction of sp³-hybridized carbons (Fsp3) is 0.500. The Labute approximate surface area is 187 Å². The summed E-state index contributed by atoms with van der Waals surface area (Å²) >= 11 is 0. The lowest BCUT2D eigenvalue weighted by atomic mass is 10.0. The van der Waals surface area contributed by atoms with Crippen molar-refractivity contribution in [2.24, 2.45) is 0 Å². The number of hydrogen-bond acceptors (Lipinski definition) is 8. The number of rotatable bonds is 3. The first-order valence-corrected chi connectivity index (χ1v) is 10.7. The van der Waals surface area contributed by atoms with Gasteiger partial charge >= 0.3 is 23.9 Å². The normalized spacial score (nSPS) is 19.7. The van der Waals surface area contributed by atoms with Crippen molar-refractivity contribution in [3.8, 4) is 11.5 Å². The van der Waals surface area contributed by atoms with Gasteiger partial charge in [0.1, 0.15) is 23.2 Å². The molecule has 8 nitrogen and oxygen atoms in total. The lowest BCUT2D eigenvalue weighted by molar-refractivity contribution is -0.147. The van der Waals surface area contributed by atoms with Crippen LogP contribution in [0.2, 0.25) is 0 Å². The first kappa shape index (κ1) is 25.1. The van der Waals surface area contributed by atoms with Gasteiger partial charge in [0.15, 0.2) is 0 Å². The number of esters is 4. The van der Waals surface area contributed by atoms with Crippen molar-refractivity contribution in [3.05, 3.63) is 29.3 Å². The summed E-state index contributed by atoms with van der Waals surface area (Å²) in [6, 6.07) is 2.86. The fourth-order valence-corrected chi connectivity index (χ4v) is 3.52. The molecule has 32 heavy (non-hydrogen) atoms. The zero-order valence-electron chi connectivity index (χ0n) is 19.0. The van der Waals surface area contributed by atoms with Crippen LogP contribution < -0.4 is 9.47 Å². The van der Waals surface area contributed by atoms with E-state index in [0.717, 1.165) is 19.3 Å². The summed E-state index contributed by atoms with van der Waals surface area (Å²) in [6.07, 6.45) is 7.15. The minimum Gasteiger partial charge on any atom is -0.463 e. The Morgan fingerprint density at radius 2 is 1.62 bits per heavy atom. The van der Waals surface area contributed by atoms with E-state index in [-0.39, 0.29) is 29.1 Å². The average Bonchev–Trinajstić information content (AvgIpc) is 2.65. The minimum atomic E-state index is -0.642. The standard InChI is InChI=1S/C24H30O8/c1-15-9-8-12-20(30-16(2)25)11-7-5-6-10-19-13-21(31-17(3)26)14-22(32-18(4)27)23(19)24(28)29-15/h6,10,13-15,20H,5,7-9,11-12H2,1-4H3. The van der Waals surface area contributed by atoms with E-state index < -0.39 is 24.0 Å². The molecule has 1 aliphatic heterocycles. The average molecular weight is 446 g/mol. The molecule has 0 aliphatic carbocycles. The molecule has 8 heteroatoms. The van der Waals surface area contributed by atoms with Crippen molar-refractivity contribution >= 4 is 30.0 Å². The van der Waals surface area contributed by atoms with Crippen LogP contribution in [0.5, 0.6) is 11.5 Å². The molecule has 0 aromatic heterocycles. The predicted octanol–water partition coefficient (Wildman–Crippen LogP) is 4.38. The number of cyclic esters (lactones) is 1. The third kappa shape index (κ3) is 8.17. The quantitative estimate of drug-likeness (QED) is 0.497. The van der Waals surface area contributed by atoms with Gasteiger partial charge in [-0.1, -0.05) is 12.2 Å². The number of benzene rings is 1. The highest BCUT2D eigenvalue weighted by Crippen LogP contribution is 2.32. The van der Waals surface area contributed by atoms with E-state index in [1.54, 1.807) is 13.0 Å². The van der Waals surface area contributed by atoms with E-state index in [1.807, 2.05) is 6.08 Å². The zero-order chi connectivity index (χ0) is 23.7. The van der Waals surface area contributed by atoms with Crippen molar-refractivity contribution in [1.82, 2.24) is 0 Å². The van der Waals surface area contributed by atoms with Gasteiger partial charge in [-0.25, -0.2) is 4.79 Å². The second kappa shape index (κ2) is 12.0. The number of carbonyl (C=O) groups is 4. The van der Waals surface area contributed by atoms with Gasteiger partial charge in [0.05, 0.1) is 6.10 Å². The van der Waals surface area contributed by atoms with E-state index in [0.29, 0.717) is 24.8 Å². The Hall–Kier alpha value is -3.16. The summed E-state index contributed by atoms with van der Waals surface area (Å²) in [6.45, 7) is 5.65. The molecular formula is C24H30O8. The van der Waals surface area contributed by atoms with Crippen molar-refractivity contribution in [3.63, 3.8) is 0 Å². The van der Waals surface area contributed by atoms with Crippen LogP contribution in [0.4, 0.5) is 0 Å². The van der Waals surface area contributed by atoms with Crippen LogP contribution in [0.1, 0.15) is 82.1 Å². The Morgan fingerprint density at radius 3 is 2.28 bits per heavy atom. The van der Waals surface area contributed by atoms with E-state index in [1.165, 1.54) is 32.9 Å². The second-order valence-electron chi connectivity index (χ2n) is 7.78. The van der Waals surface area contributed by atoms with E-state index in [9.17, 15) is 19.2 Å². The fourth-order valence-electron chi connectivity index (χ4n) is 3.52. The Bertz CT molecular complexity index is 886. The van der Waals surface area contributed by atoms with Gasteiger partial charge in [-0.15, -0.1) is 0 Å². The lowest BCUT2D eigenvalue weighted by Gasteiger charge is -2.20. The topological polar surface area (TPSA) is 105 Å². The monoisotopic (exact) mass is 446 g/mol. The zero-order valence-corrected chi connectivity index (χ0v) is 19.0. The second-order valence-corrected chi connectivity index (χ2v) is 7.78. The molecule has 174 valence electrons. The molecule has 1 aliphatic rings. The predicted molar refractivity (Wildman–Crippen MR) is 116 cm³/mol. The molecule has 0 spiro atoms. The van der Waals surface area contributed by atoms with Crippen molar-refractivity contribution < 1.29 is 38.1 Å². The Morgan fingerprint density at radius 1 is 0.938 bits per heavy atom. The molecular weight excluding hydrogens is 416 g/mol. The largest absolute Gasteiger partial charge is 0.463 e. The van der Waals surface area contributed by atoms with E-state index >= 15 is 0 Å². The molecule has 1 heterocycles. The number of hydrogen-bond donors (Lipinski definition) is 0. The van der Waals surface area contributed by atoms with Crippen LogP contribution in [0.15, 0.2) is 18.2 Å². The molecule has 2 unspecified atom stereocenters. The Kier molecular flexibility index (Phi) is 9.43. The van der Waals surface area contributed by atoms with E-state index in [4.69, 9.17) is 18.9 Å². The molecule has 0 N–H and O–H groups in total. The molecule has 0 bridgehead atoms. The summed E-state index contributed by atoms with van der Waals surface area (Å²) < 4.78 is 21.4. The van der Waals surface area contributed by atoms with Gasteiger partial charge in [0.2, 0.25) is 0 Å². The highest BCUT2D eigenvalue weighted by Gasteiger charge is 2.24. The van der Waals surface area contributed by atoms with Gasteiger partial charge in [0, 0.05) is 26.8 Å². The van der Waals surface area contributed by atoms with Gasteiger partial charge in [-0.3, -0.25) is 14.4 Å². The molecule has 0 saturated carbocycles. The maximum absolute atomic E-state index is 13.0. The minimum absolute atomic E-state index is 0.0323. The molecule has 0 fully saturated rings. The molecule has 2 rings (SSSR count). The van der Waals surface area contributed by atoms with Crippen LogP contribution in [-0.4, -0.2) is 36.1 Å². The summed E-state index contributed by atoms with van der Waals surface area (Å²) in [5, 5.41) is 0. The lowest BCUT2D eigenvalue weighted by Crippen LogP contribution is -2.20.